The average molecular weight is 256 g/mol. The van der Waals surface area contributed by atoms with Crippen LogP contribution >= 0.6 is 0 Å². The van der Waals surface area contributed by atoms with Gasteiger partial charge in [0.15, 0.2) is 0 Å². The Morgan fingerprint density at radius 3 is 3.11 bits per heavy atom. The first kappa shape index (κ1) is 12.0. The van der Waals surface area contributed by atoms with Crippen molar-refractivity contribution in [2.45, 2.75) is 25.3 Å². The molecule has 0 saturated carbocycles. The van der Waals surface area contributed by atoms with Crippen LogP contribution in [-0.4, -0.2) is 23.3 Å². The fourth-order valence-electron chi connectivity index (χ4n) is 3.08. The van der Waals surface area contributed by atoms with Gasteiger partial charge in [-0.3, -0.25) is 9.59 Å². The van der Waals surface area contributed by atoms with Crippen molar-refractivity contribution < 1.29 is 9.59 Å². The number of nitrogens with one attached hydrogen (secondary N) is 1. The Morgan fingerprint density at radius 1 is 1.47 bits per heavy atom. The maximum Gasteiger partial charge on any atom is 0.246 e. The zero-order valence-electron chi connectivity index (χ0n) is 10.7. The SMILES string of the molecule is C=CC(=O)N1CC(=O)Nc2cccc3c2C1CCC3. The summed E-state index contributed by atoms with van der Waals surface area (Å²) in [5.41, 5.74) is 3.19. The monoisotopic (exact) mass is 256 g/mol. The summed E-state index contributed by atoms with van der Waals surface area (Å²) in [5.74, 6) is -0.317. The van der Waals surface area contributed by atoms with E-state index < -0.39 is 0 Å². The molecule has 1 atom stereocenters. The van der Waals surface area contributed by atoms with E-state index >= 15 is 0 Å². The lowest BCUT2D eigenvalue weighted by Gasteiger charge is -2.33. The smallest absolute Gasteiger partial charge is 0.246 e. The summed E-state index contributed by atoms with van der Waals surface area (Å²) in [4.78, 5) is 25.6. The molecule has 98 valence electrons. The van der Waals surface area contributed by atoms with Gasteiger partial charge in [0.05, 0.1) is 6.04 Å². The zero-order valence-corrected chi connectivity index (χ0v) is 10.7. The van der Waals surface area contributed by atoms with Crippen molar-refractivity contribution in [3.8, 4) is 0 Å². The summed E-state index contributed by atoms with van der Waals surface area (Å²) in [7, 11) is 0. The zero-order chi connectivity index (χ0) is 13.4. The van der Waals surface area contributed by atoms with Gasteiger partial charge in [-0.1, -0.05) is 18.7 Å². The molecule has 4 heteroatoms. The summed E-state index contributed by atoms with van der Waals surface area (Å²) in [5, 5.41) is 2.90. The van der Waals surface area contributed by atoms with Crippen LogP contribution < -0.4 is 5.32 Å². The lowest BCUT2D eigenvalue weighted by Crippen LogP contribution is -2.38. The molecule has 1 heterocycles. The number of hydrogen-bond donors (Lipinski definition) is 1. The molecule has 0 aromatic heterocycles. The number of hydrogen-bond acceptors (Lipinski definition) is 2. The second-order valence-corrected chi connectivity index (χ2v) is 5.00. The van der Waals surface area contributed by atoms with E-state index in [0.717, 1.165) is 30.5 Å². The van der Waals surface area contributed by atoms with E-state index in [4.69, 9.17) is 0 Å². The number of anilines is 1. The molecule has 1 N–H and O–H groups in total. The van der Waals surface area contributed by atoms with Gasteiger partial charge in [-0.15, -0.1) is 0 Å². The van der Waals surface area contributed by atoms with Gasteiger partial charge in [0.2, 0.25) is 11.8 Å². The fraction of sp³-hybridized carbons (Fsp3) is 0.333. The molecule has 2 aliphatic rings. The maximum atomic E-state index is 12.0. The normalized spacial score (nSPS) is 21.2. The summed E-state index contributed by atoms with van der Waals surface area (Å²) < 4.78 is 0. The Labute approximate surface area is 112 Å². The average Bonchev–Trinajstić information content (AvgIpc) is 2.57. The summed E-state index contributed by atoms with van der Waals surface area (Å²) in [6.07, 6.45) is 4.23. The molecule has 0 spiro atoms. The van der Waals surface area contributed by atoms with Crippen molar-refractivity contribution in [3.05, 3.63) is 42.0 Å². The predicted molar refractivity (Wildman–Crippen MR) is 72.7 cm³/mol. The van der Waals surface area contributed by atoms with Crippen molar-refractivity contribution in [1.29, 1.82) is 0 Å². The molecule has 1 aromatic rings. The Balaban J connectivity index is 2.14. The van der Waals surface area contributed by atoms with Crippen molar-refractivity contribution in [2.24, 2.45) is 0 Å². The molecule has 1 aromatic carbocycles. The predicted octanol–water partition coefficient (Wildman–Crippen LogP) is 2.03. The highest BCUT2D eigenvalue weighted by molar-refractivity contribution is 5.98. The minimum Gasteiger partial charge on any atom is -0.324 e. The van der Waals surface area contributed by atoms with Crippen LogP contribution in [0, 0.1) is 0 Å². The number of nitrogens with zero attached hydrogens (tertiary/aromatic N) is 1. The largest absolute Gasteiger partial charge is 0.324 e. The first-order chi connectivity index (χ1) is 9.20. The number of amides is 2. The summed E-state index contributed by atoms with van der Waals surface area (Å²) in [6.45, 7) is 3.63. The Kier molecular flexibility index (Phi) is 2.85. The quantitative estimate of drug-likeness (QED) is 0.782. The van der Waals surface area contributed by atoms with Crippen LogP contribution in [0.25, 0.3) is 0 Å². The van der Waals surface area contributed by atoms with Gasteiger partial charge >= 0.3 is 0 Å². The number of rotatable bonds is 1. The van der Waals surface area contributed by atoms with E-state index in [9.17, 15) is 9.59 Å². The molecular weight excluding hydrogens is 240 g/mol. The van der Waals surface area contributed by atoms with E-state index in [1.54, 1.807) is 4.90 Å². The van der Waals surface area contributed by atoms with Gasteiger partial charge in [-0.25, -0.2) is 0 Å². The molecule has 1 aliphatic carbocycles. The van der Waals surface area contributed by atoms with Crippen LogP contribution in [0.3, 0.4) is 0 Å². The van der Waals surface area contributed by atoms with Gasteiger partial charge in [0, 0.05) is 11.3 Å². The van der Waals surface area contributed by atoms with E-state index in [-0.39, 0.29) is 24.4 Å². The molecule has 0 radical (unpaired) electrons. The van der Waals surface area contributed by atoms with Crippen LogP contribution in [-0.2, 0) is 16.0 Å². The molecule has 2 amide bonds. The van der Waals surface area contributed by atoms with E-state index in [2.05, 4.69) is 18.0 Å². The fourth-order valence-corrected chi connectivity index (χ4v) is 3.08. The maximum absolute atomic E-state index is 12.0. The van der Waals surface area contributed by atoms with Gasteiger partial charge in [-0.2, -0.15) is 0 Å². The highest BCUT2D eigenvalue weighted by atomic mass is 16.2. The Morgan fingerprint density at radius 2 is 2.32 bits per heavy atom. The van der Waals surface area contributed by atoms with E-state index in [1.807, 2.05) is 12.1 Å². The number of carbonyl (C=O) groups is 2. The van der Waals surface area contributed by atoms with Gasteiger partial charge < -0.3 is 10.2 Å². The third-order valence-electron chi connectivity index (χ3n) is 3.88. The molecule has 0 saturated heterocycles. The van der Waals surface area contributed by atoms with Crippen LogP contribution in [0.2, 0.25) is 0 Å². The van der Waals surface area contributed by atoms with Crippen LogP contribution in [0.4, 0.5) is 5.69 Å². The third-order valence-corrected chi connectivity index (χ3v) is 3.88. The molecule has 0 bridgehead atoms. The molecule has 0 fully saturated rings. The Hall–Kier alpha value is -2.10. The lowest BCUT2D eigenvalue weighted by atomic mass is 9.86. The number of benzene rings is 1. The second kappa shape index (κ2) is 4.53. The van der Waals surface area contributed by atoms with E-state index in [1.165, 1.54) is 11.6 Å². The minimum absolute atomic E-state index is 0.00981. The first-order valence-electron chi connectivity index (χ1n) is 6.55. The van der Waals surface area contributed by atoms with Gasteiger partial charge in [-0.05, 0) is 37.0 Å². The molecule has 3 rings (SSSR count). The molecular formula is C15H16N2O2. The lowest BCUT2D eigenvalue weighted by molar-refractivity contribution is -0.132. The third kappa shape index (κ3) is 1.93. The molecule has 4 nitrogen and oxygen atoms in total. The van der Waals surface area contributed by atoms with E-state index in [0.29, 0.717) is 0 Å². The van der Waals surface area contributed by atoms with Crippen molar-refractivity contribution >= 4 is 17.5 Å². The molecule has 1 unspecified atom stereocenters. The number of aryl methyl sites for hydroxylation is 1. The Bertz CT molecular complexity index is 565. The molecule has 19 heavy (non-hydrogen) atoms. The topological polar surface area (TPSA) is 49.4 Å². The highest BCUT2D eigenvalue weighted by Crippen LogP contribution is 2.40. The standard InChI is InChI=1S/C15H16N2O2/c1-2-14(19)17-9-13(18)16-11-7-3-5-10-6-4-8-12(17)15(10)11/h2-3,5,7,12H,1,4,6,8-9H2,(H,16,18). The summed E-state index contributed by atoms with van der Waals surface area (Å²) in [6, 6.07) is 5.95. The van der Waals surface area contributed by atoms with Crippen LogP contribution in [0.1, 0.15) is 30.0 Å². The van der Waals surface area contributed by atoms with Gasteiger partial charge in [0.1, 0.15) is 6.54 Å². The summed E-state index contributed by atoms with van der Waals surface area (Å²) >= 11 is 0. The van der Waals surface area contributed by atoms with Crippen LogP contribution in [0.5, 0.6) is 0 Å². The van der Waals surface area contributed by atoms with Gasteiger partial charge in [0.25, 0.3) is 0 Å². The highest BCUT2D eigenvalue weighted by Gasteiger charge is 2.34. The number of carbonyl (C=O) groups excluding carboxylic acids is 2. The van der Waals surface area contributed by atoms with Crippen LogP contribution in [0.15, 0.2) is 30.9 Å². The van der Waals surface area contributed by atoms with Crippen molar-refractivity contribution in [1.82, 2.24) is 4.90 Å². The second-order valence-electron chi connectivity index (χ2n) is 5.00. The van der Waals surface area contributed by atoms with Crippen molar-refractivity contribution in [3.63, 3.8) is 0 Å². The molecule has 1 aliphatic heterocycles. The minimum atomic E-state index is -0.176. The first-order valence-corrected chi connectivity index (χ1v) is 6.55. The van der Waals surface area contributed by atoms with Crippen molar-refractivity contribution in [2.75, 3.05) is 11.9 Å².